The van der Waals surface area contributed by atoms with Crippen LogP contribution in [0, 0.1) is 0 Å². The van der Waals surface area contributed by atoms with Crippen molar-refractivity contribution in [3.05, 3.63) is 182 Å². The second-order valence-electron chi connectivity index (χ2n) is 18.4. The van der Waals surface area contributed by atoms with E-state index in [1.54, 1.807) is 36.9 Å². The first-order valence-corrected chi connectivity index (χ1v) is 23.9. The molecule has 0 unspecified atom stereocenters. The number of aromatic hydroxyl groups is 10. The number of allylic oxidation sites excluding steroid dienone is 2. The van der Waals surface area contributed by atoms with Gasteiger partial charge >= 0.3 is 0 Å². The van der Waals surface area contributed by atoms with Crippen LogP contribution >= 0.6 is 0 Å². The minimum atomic E-state index is -1.24. The molecule has 0 atom stereocenters. The number of phenolic OH excluding ortho intramolecular Hbond substituents is 10. The van der Waals surface area contributed by atoms with E-state index in [0.717, 1.165) is 82.7 Å². The number of fused-ring (bicyclic) bond motifs is 9. The Kier molecular flexibility index (Phi) is 11.0. The summed E-state index contributed by atoms with van der Waals surface area (Å²) in [5, 5.41) is 113. The lowest BCUT2D eigenvalue weighted by Crippen LogP contribution is -2.02. The van der Waals surface area contributed by atoms with Gasteiger partial charge in [-0.1, -0.05) is 122 Å². The van der Waals surface area contributed by atoms with E-state index in [0.29, 0.717) is 27.5 Å². The predicted octanol–water partition coefficient (Wildman–Crippen LogP) is 12.8. The topological polar surface area (TPSA) is 266 Å². The Labute approximate surface area is 435 Å². The molecule has 10 aromatic carbocycles. The van der Waals surface area contributed by atoms with Crippen LogP contribution in [0.4, 0.5) is 0 Å². The molecule has 0 fully saturated rings. The molecule has 374 valence electrons. The van der Waals surface area contributed by atoms with Gasteiger partial charge in [-0.3, -0.25) is 19.9 Å². The second-order valence-corrected chi connectivity index (χ2v) is 18.4. The summed E-state index contributed by atoms with van der Waals surface area (Å²) < 4.78 is 0. The van der Waals surface area contributed by atoms with Crippen molar-refractivity contribution in [2.75, 3.05) is 0 Å². The molecule has 0 spiro atoms. The fourth-order valence-corrected chi connectivity index (χ4v) is 10.5. The highest BCUT2D eigenvalue weighted by atomic mass is 16.4. The number of nitrogens with zero attached hydrogens (tertiary/aromatic N) is 5. The molecule has 0 bridgehead atoms. The molecule has 0 radical (unpaired) electrons. The normalized spacial score (nSPS) is 12.2. The summed E-state index contributed by atoms with van der Waals surface area (Å²) >= 11 is 0. The first-order chi connectivity index (χ1) is 37.2. The highest BCUT2D eigenvalue weighted by Gasteiger charge is 2.29. The van der Waals surface area contributed by atoms with Crippen molar-refractivity contribution >= 4 is 82.1 Å². The van der Waals surface area contributed by atoms with Crippen molar-refractivity contribution < 1.29 is 51.1 Å². The number of phenols is 10. The summed E-state index contributed by atoms with van der Waals surface area (Å²) in [7, 11) is 0. The first kappa shape index (κ1) is 47.1. The molecule has 12 aromatic rings. The SMILES string of the molecule is C=C(N=C(C=C(C)c1c(O)c(O)c(O)c(O)c1O)c1c(O)c(O)c(O)c(O)c1O)c1ccc2c3cc(-c4ccc(-c5c6ccccc6c(-c6ccccc6)c6ccccc56)c5nccnc45)ccc3c3nccnc3c2c1. The van der Waals surface area contributed by atoms with E-state index in [1.807, 2.05) is 24.3 Å². The lowest BCUT2D eigenvalue weighted by molar-refractivity contribution is 0.327. The number of benzene rings is 10. The lowest BCUT2D eigenvalue weighted by Gasteiger charge is -2.19. The van der Waals surface area contributed by atoms with Gasteiger partial charge in [0.25, 0.3) is 0 Å². The minimum Gasteiger partial charge on any atom is -0.504 e. The maximum absolute atomic E-state index is 11.1. The monoisotopic (exact) mass is 1020 g/mol. The highest BCUT2D eigenvalue weighted by molar-refractivity contribution is 6.26. The van der Waals surface area contributed by atoms with E-state index in [2.05, 4.69) is 103 Å². The van der Waals surface area contributed by atoms with Gasteiger partial charge in [-0.2, -0.15) is 0 Å². The standard InChI is InChI=1S/C62H41N5O10/c1-29(45-53(68)57(72)61(76)58(73)54(45)69)26-44(48-55(70)59(74)62(77)60(75)56(48)71)67-30(2)32-16-18-35-42-28-33(17-19-40(42)50-52(43(35)27-32)66-25-23-64-50)34-20-21-41(51-49(34)63-22-24-65-51)47-38-14-8-6-12-36(38)46(31-10-4-3-5-11-31)37-13-7-9-15-39(37)47/h3-28,68-77H,2H2,1H3. The molecule has 0 aliphatic rings. The number of rotatable bonds is 8. The van der Waals surface area contributed by atoms with Crippen LogP contribution < -0.4 is 0 Å². The van der Waals surface area contributed by atoms with Gasteiger partial charge < -0.3 is 51.1 Å². The van der Waals surface area contributed by atoms with Gasteiger partial charge in [0.15, 0.2) is 23.0 Å². The summed E-state index contributed by atoms with van der Waals surface area (Å²) in [5.74, 6) is -11.6. The second kappa shape index (κ2) is 17.9. The maximum Gasteiger partial charge on any atom is 0.208 e. The largest absolute Gasteiger partial charge is 0.504 e. The fourth-order valence-electron chi connectivity index (χ4n) is 10.5. The van der Waals surface area contributed by atoms with Gasteiger partial charge in [0.2, 0.25) is 34.5 Å². The zero-order valence-corrected chi connectivity index (χ0v) is 40.4. The van der Waals surface area contributed by atoms with Crippen molar-refractivity contribution in [2.45, 2.75) is 6.92 Å². The van der Waals surface area contributed by atoms with E-state index in [-0.39, 0.29) is 11.3 Å². The van der Waals surface area contributed by atoms with Crippen LogP contribution in [0.5, 0.6) is 57.5 Å². The molecule has 2 heterocycles. The number of hydrogen-bond acceptors (Lipinski definition) is 15. The van der Waals surface area contributed by atoms with E-state index in [4.69, 9.17) is 19.9 Å². The maximum atomic E-state index is 11.1. The van der Waals surface area contributed by atoms with Gasteiger partial charge in [-0.25, -0.2) is 4.99 Å². The van der Waals surface area contributed by atoms with Crippen LogP contribution in [0.15, 0.2) is 170 Å². The van der Waals surface area contributed by atoms with Crippen molar-refractivity contribution in [1.29, 1.82) is 0 Å². The Hall–Kier alpha value is -10.9. The van der Waals surface area contributed by atoms with Gasteiger partial charge in [-0.15, -0.1) is 0 Å². The molecule has 15 heteroatoms. The third-order valence-electron chi connectivity index (χ3n) is 14.1. The smallest absolute Gasteiger partial charge is 0.208 e. The molecule has 0 saturated carbocycles. The summed E-state index contributed by atoms with van der Waals surface area (Å²) in [6.07, 6.45) is 7.61. The van der Waals surface area contributed by atoms with Crippen LogP contribution in [0.25, 0.3) is 110 Å². The molecule has 15 nitrogen and oxygen atoms in total. The number of aromatic nitrogens is 4. The molecule has 12 rings (SSSR count). The summed E-state index contributed by atoms with van der Waals surface area (Å²) in [5.41, 5.74) is 6.84. The Bertz CT molecular complexity index is 4500. The molecule has 10 N–H and O–H groups in total. The molecule has 0 aliphatic carbocycles. The number of hydrogen-bond donors (Lipinski definition) is 10. The van der Waals surface area contributed by atoms with Gasteiger partial charge in [-0.05, 0) is 85.3 Å². The highest BCUT2D eigenvalue weighted by Crippen LogP contribution is 2.55. The van der Waals surface area contributed by atoms with E-state index < -0.39 is 74.3 Å². The average Bonchev–Trinajstić information content (AvgIpc) is 3.55. The summed E-state index contributed by atoms with van der Waals surface area (Å²) in [4.78, 5) is 24.1. The molecule has 0 saturated heterocycles. The van der Waals surface area contributed by atoms with E-state index in [9.17, 15) is 51.1 Å². The first-order valence-electron chi connectivity index (χ1n) is 23.9. The van der Waals surface area contributed by atoms with Crippen LogP contribution in [0.3, 0.4) is 0 Å². The molecular weight excluding hydrogens is 975 g/mol. The summed E-state index contributed by atoms with van der Waals surface area (Å²) in [6.45, 7) is 5.44. The minimum absolute atomic E-state index is 0.0343. The molecule has 77 heavy (non-hydrogen) atoms. The van der Waals surface area contributed by atoms with E-state index >= 15 is 0 Å². The summed E-state index contributed by atoms with van der Waals surface area (Å²) in [6, 6.07) is 43.0. The zero-order valence-electron chi connectivity index (χ0n) is 40.4. The van der Waals surface area contributed by atoms with Crippen molar-refractivity contribution in [1.82, 2.24) is 19.9 Å². The van der Waals surface area contributed by atoms with Gasteiger partial charge in [0, 0.05) is 52.3 Å². The molecule has 2 aromatic heterocycles. The van der Waals surface area contributed by atoms with Gasteiger partial charge in [0.05, 0.1) is 44.6 Å². The number of aliphatic imine (C=N–C) groups is 1. The van der Waals surface area contributed by atoms with Crippen LogP contribution in [-0.2, 0) is 0 Å². The molecule has 0 aliphatic heterocycles. The van der Waals surface area contributed by atoms with Crippen molar-refractivity contribution in [2.24, 2.45) is 4.99 Å². The Morgan fingerprint density at radius 3 is 1.42 bits per heavy atom. The third kappa shape index (κ3) is 7.32. The van der Waals surface area contributed by atoms with Crippen molar-refractivity contribution in [3.8, 4) is 90.9 Å². The lowest BCUT2D eigenvalue weighted by atomic mass is 9.85. The third-order valence-corrected chi connectivity index (χ3v) is 14.1. The Morgan fingerprint density at radius 2 is 0.844 bits per heavy atom. The van der Waals surface area contributed by atoms with Crippen LogP contribution in [0.1, 0.15) is 23.6 Å². The Morgan fingerprint density at radius 1 is 0.390 bits per heavy atom. The quantitative estimate of drug-likeness (QED) is 0.0223. The van der Waals surface area contributed by atoms with Crippen LogP contribution in [0.2, 0.25) is 0 Å². The fraction of sp³-hybridized carbons (Fsp3) is 0.0161. The average molecular weight is 1020 g/mol. The predicted molar refractivity (Wildman–Crippen MR) is 298 cm³/mol. The Balaban J connectivity index is 1.02. The molecule has 0 amide bonds. The van der Waals surface area contributed by atoms with Crippen molar-refractivity contribution in [3.63, 3.8) is 0 Å². The molecular formula is C62H41N5O10. The van der Waals surface area contributed by atoms with Crippen LogP contribution in [-0.4, -0.2) is 76.7 Å². The van der Waals surface area contributed by atoms with Gasteiger partial charge in [0.1, 0.15) is 0 Å². The zero-order chi connectivity index (χ0) is 53.6. The van der Waals surface area contributed by atoms with E-state index in [1.165, 1.54) is 6.92 Å².